The summed E-state index contributed by atoms with van der Waals surface area (Å²) in [6, 6.07) is 13.2. The standard InChI is InChI=1S/C20H22N2O3/c1-13-5-8-18(14(2)9-13)22-20(23)16(12-21)10-15-6-7-17(24-3)11-19(15)25-4/h5-9,11,16H,10H2,1-4H3,(H,22,23)/t16-/m0/s1. The maximum Gasteiger partial charge on any atom is 0.242 e. The summed E-state index contributed by atoms with van der Waals surface area (Å²) in [6.45, 7) is 3.92. The minimum absolute atomic E-state index is 0.264. The van der Waals surface area contributed by atoms with Gasteiger partial charge in [-0.05, 0) is 37.1 Å². The molecule has 130 valence electrons. The highest BCUT2D eigenvalue weighted by Crippen LogP contribution is 2.27. The van der Waals surface area contributed by atoms with Gasteiger partial charge in [0.1, 0.15) is 17.4 Å². The minimum atomic E-state index is -0.817. The highest BCUT2D eigenvalue weighted by molar-refractivity contribution is 5.95. The second kappa shape index (κ2) is 8.20. The fourth-order valence-electron chi connectivity index (χ4n) is 2.61. The molecule has 0 aliphatic carbocycles. The van der Waals surface area contributed by atoms with Crippen LogP contribution in [0.15, 0.2) is 36.4 Å². The van der Waals surface area contributed by atoms with Gasteiger partial charge in [0.2, 0.25) is 5.91 Å². The number of amides is 1. The average Bonchev–Trinajstić information content (AvgIpc) is 2.61. The molecule has 5 nitrogen and oxygen atoms in total. The number of nitrogens with zero attached hydrogens (tertiary/aromatic N) is 1. The zero-order chi connectivity index (χ0) is 18.4. The van der Waals surface area contributed by atoms with Gasteiger partial charge in [-0.1, -0.05) is 23.8 Å². The SMILES string of the molecule is COc1ccc(C[C@@H](C#N)C(=O)Nc2ccc(C)cc2C)c(OC)c1. The van der Waals surface area contributed by atoms with Gasteiger partial charge >= 0.3 is 0 Å². The predicted octanol–water partition coefficient (Wildman–Crippen LogP) is 3.64. The van der Waals surface area contributed by atoms with E-state index < -0.39 is 5.92 Å². The van der Waals surface area contributed by atoms with Crippen LogP contribution in [0, 0.1) is 31.1 Å². The molecule has 0 aliphatic rings. The summed E-state index contributed by atoms with van der Waals surface area (Å²) in [4.78, 5) is 12.5. The van der Waals surface area contributed by atoms with Gasteiger partial charge in [-0.15, -0.1) is 0 Å². The highest BCUT2D eigenvalue weighted by Gasteiger charge is 2.21. The number of ether oxygens (including phenoxy) is 2. The first-order chi connectivity index (χ1) is 12.0. The predicted molar refractivity (Wildman–Crippen MR) is 96.9 cm³/mol. The molecule has 0 heterocycles. The van der Waals surface area contributed by atoms with Crippen LogP contribution in [0.25, 0.3) is 0 Å². The second-order valence-corrected chi connectivity index (χ2v) is 5.87. The van der Waals surface area contributed by atoms with E-state index >= 15 is 0 Å². The third-order valence-corrected chi connectivity index (χ3v) is 4.03. The molecule has 0 radical (unpaired) electrons. The third-order valence-electron chi connectivity index (χ3n) is 4.03. The first-order valence-electron chi connectivity index (χ1n) is 7.97. The fourth-order valence-corrected chi connectivity index (χ4v) is 2.61. The number of anilines is 1. The van der Waals surface area contributed by atoms with E-state index in [-0.39, 0.29) is 12.3 Å². The topological polar surface area (TPSA) is 71.3 Å². The van der Waals surface area contributed by atoms with Gasteiger partial charge in [0.05, 0.1) is 20.3 Å². The third kappa shape index (κ3) is 4.51. The molecule has 5 heteroatoms. The van der Waals surface area contributed by atoms with Gasteiger partial charge in [0, 0.05) is 18.2 Å². The smallest absolute Gasteiger partial charge is 0.242 e. The Morgan fingerprint density at radius 3 is 2.52 bits per heavy atom. The molecule has 0 unspecified atom stereocenters. The number of carbonyl (C=O) groups excluding carboxylic acids is 1. The minimum Gasteiger partial charge on any atom is -0.497 e. The van der Waals surface area contributed by atoms with Gasteiger partial charge in [-0.3, -0.25) is 4.79 Å². The van der Waals surface area contributed by atoms with E-state index in [0.29, 0.717) is 11.5 Å². The lowest BCUT2D eigenvalue weighted by molar-refractivity contribution is -0.118. The molecular weight excluding hydrogens is 316 g/mol. The Labute approximate surface area is 148 Å². The van der Waals surface area contributed by atoms with Crippen molar-refractivity contribution < 1.29 is 14.3 Å². The Bertz CT molecular complexity index is 809. The number of benzene rings is 2. The van der Waals surface area contributed by atoms with E-state index in [1.54, 1.807) is 26.4 Å². The van der Waals surface area contributed by atoms with Crippen molar-refractivity contribution >= 4 is 11.6 Å². The number of aryl methyl sites for hydroxylation is 2. The van der Waals surface area contributed by atoms with E-state index in [0.717, 1.165) is 22.4 Å². The van der Waals surface area contributed by atoms with Gasteiger partial charge in [0.15, 0.2) is 0 Å². The molecule has 2 rings (SSSR count). The maximum atomic E-state index is 12.5. The van der Waals surface area contributed by atoms with Crippen LogP contribution in [-0.2, 0) is 11.2 Å². The number of hydrogen-bond donors (Lipinski definition) is 1. The fraction of sp³-hybridized carbons (Fsp3) is 0.300. The van der Waals surface area contributed by atoms with Crippen LogP contribution in [0.1, 0.15) is 16.7 Å². The average molecular weight is 338 g/mol. The molecule has 1 N–H and O–H groups in total. The van der Waals surface area contributed by atoms with Crippen molar-refractivity contribution in [2.45, 2.75) is 20.3 Å². The van der Waals surface area contributed by atoms with Crippen LogP contribution in [-0.4, -0.2) is 20.1 Å². The van der Waals surface area contributed by atoms with Crippen molar-refractivity contribution in [1.82, 2.24) is 0 Å². The Balaban J connectivity index is 2.17. The molecule has 0 saturated carbocycles. The summed E-state index contributed by atoms with van der Waals surface area (Å²) >= 11 is 0. The first-order valence-corrected chi connectivity index (χ1v) is 7.97. The summed E-state index contributed by atoms with van der Waals surface area (Å²) < 4.78 is 10.5. The van der Waals surface area contributed by atoms with Crippen molar-refractivity contribution in [3.8, 4) is 17.6 Å². The van der Waals surface area contributed by atoms with Crippen molar-refractivity contribution in [2.75, 3.05) is 19.5 Å². The number of hydrogen-bond acceptors (Lipinski definition) is 4. The lowest BCUT2D eigenvalue weighted by atomic mass is 9.98. The van der Waals surface area contributed by atoms with Gasteiger partial charge in [-0.2, -0.15) is 5.26 Å². The van der Waals surface area contributed by atoms with Crippen molar-refractivity contribution in [3.05, 3.63) is 53.1 Å². The molecule has 1 atom stereocenters. The Morgan fingerprint density at radius 1 is 1.16 bits per heavy atom. The number of nitriles is 1. The summed E-state index contributed by atoms with van der Waals surface area (Å²) in [5.41, 5.74) is 3.59. The lowest BCUT2D eigenvalue weighted by Gasteiger charge is -2.15. The summed E-state index contributed by atoms with van der Waals surface area (Å²) in [7, 11) is 3.12. The van der Waals surface area contributed by atoms with Crippen LogP contribution in [0.4, 0.5) is 5.69 Å². The van der Waals surface area contributed by atoms with Crippen LogP contribution in [0.2, 0.25) is 0 Å². The van der Waals surface area contributed by atoms with E-state index in [9.17, 15) is 10.1 Å². The summed E-state index contributed by atoms with van der Waals surface area (Å²) in [6.07, 6.45) is 0.264. The van der Waals surface area contributed by atoms with Crippen LogP contribution >= 0.6 is 0 Å². The zero-order valence-corrected chi connectivity index (χ0v) is 14.9. The van der Waals surface area contributed by atoms with E-state index in [2.05, 4.69) is 11.4 Å². The largest absolute Gasteiger partial charge is 0.497 e. The molecule has 1 amide bonds. The molecule has 2 aromatic carbocycles. The van der Waals surface area contributed by atoms with Crippen LogP contribution < -0.4 is 14.8 Å². The van der Waals surface area contributed by atoms with Gasteiger partial charge in [-0.25, -0.2) is 0 Å². The molecule has 0 aliphatic heterocycles. The Hall–Kier alpha value is -3.00. The number of methoxy groups -OCH3 is 2. The molecule has 25 heavy (non-hydrogen) atoms. The molecule has 0 bridgehead atoms. The molecule has 0 aromatic heterocycles. The normalized spacial score (nSPS) is 11.3. The quantitative estimate of drug-likeness (QED) is 0.873. The molecular formula is C20H22N2O3. The molecule has 0 spiro atoms. The second-order valence-electron chi connectivity index (χ2n) is 5.87. The Morgan fingerprint density at radius 2 is 1.92 bits per heavy atom. The number of nitrogens with one attached hydrogen (secondary N) is 1. The van der Waals surface area contributed by atoms with Crippen LogP contribution in [0.3, 0.4) is 0 Å². The van der Waals surface area contributed by atoms with Crippen LogP contribution in [0.5, 0.6) is 11.5 Å². The molecule has 0 fully saturated rings. The zero-order valence-electron chi connectivity index (χ0n) is 14.9. The molecule has 0 saturated heterocycles. The number of rotatable bonds is 6. The maximum absolute atomic E-state index is 12.5. The van der Waals surface area contributed by atoms with Crippen molar-refractivity contribution in [2.24, 2.45) is 5.92 Å². The number of carbonyl (C=O) groups is 1. The Kier molecular flexibility index (Phi) is 6.02. The molecule has 2 aromatic rings. The van der Waals surface area contributed by atoms with E-state index in [1.807, 2.05) is 38.1 Å². The van der Waals surface area contributed by atoms with E-state index in [1.165, 1.54) is 0 Å². The van der Waals surface area contributed by atoms with Gasteiger partial charge in [0.25, 0.3) is 0 Å². The monoisotopic (exact) mass is 338 g/mol. The highest BCUT2D eigenvalue weighted by atomic mass is 16.5. The van der Waals surface area contributed by atoms with Gasteiger partial charge < -0.3 is 14.8 Å². The first kappa shape index (κ1) is 18.3. The summed E-state index contributed by atoms with van der Waals surface area (Å²) in [5, 5.41) is 12.3. The van der Waals surface area contributed by atoms with Crippen molar-refractivity contribution in [1.29, 1.82) is 5.26 Å². The lowest BCUT2D eigenvalue weighted by Crippen LogP contribution is -2.24. The van der Waals surface area contributed by atoms with E-state index in [4.69, 9.17) is 9.47 Å². The summed E-state index contributed by atoms with van der Waals surface area (Å²) in [5.74, 6) is 0.114. The van der Waals surface area contributed by atoms with Crippen molar-refractivity contribution in [3.63, 3.8) is 0 Å².